The molecule has 0 saturated heterocycles. The highest BCUT2D eigenvalue weighted by molar-refractivity contribution is 7.14. The largest absolute Gasteiger partial charge is 0.459 e. The normalized spacial score (nSPS) is 22.7. The molecule has 29 heavy (non-hydrogen) atoms. The zero-order chi connectivity index (χ0) is 20.5. The van der Waals surface area contributed by atoms with Crippen molar-refractivity contribution in [3.8, 4) is 0 Å². The number of aromatic nitrogens is 1. The Kier molecular flexibility index (Phi) is 5.63. The summed E-state index contributed by atoms with van der Waals surface area (Å²) in [6.45, 7) is 1.28. The fourth-order valence-electron chi connectivity index (χ4n) is 4.59. The molecule has 8 heteroatoms. The molecule has 0 radical (unpaired) electrons. The van der Waals surface area contributed by atoms with E-state index in [1.807, 2.05) is 0 Å². The van der Waals surface area contributed by atoms with Gasteiger partial charge in [0, 0.05) is 24.8 Å². The van der Waals surface area contributed by atoms with Gasteiger partial charge in [0.15, 0.2) is 5.13 Å². The summed E-state index contributed by atoms with van der Waals surface area (Å²) in [5, 5.41) is 1.90. The second-order valence-electron chi connectivity index (χ2n) is 7.87. The molecule has 1 aromatic heterocycles. The second-order valence-corrected chi connectivity index (χ2v) is 8.71. The van der Waals surface area contributed by atoms with Gasteiger partial charge in [-0.1, -0.05) is 6.42 Å². The smallest absolute Gasteiger partial charge is 0.306 e. The molecule has 3 atom stereocenters. The molecule has 4 rings (SSSR count). The number of anilines is 2. The maximum Gasteiger partial charge on any atom is 0.306 e. The summed E-state index contributed by atoms with van der Waals surface area (Å²) >= 11 is 1.13. The number of nitrogens with zero attached hydrogens (tertiary/aromatic N) is 2. The summed E-state index contributed by atoms with van der Waals surface area (Å²) in [5.74, 6) is -0.389. The molecule has 2 aliphatic rings. The van der Waals surface area contributed by atoms with Crippen molar-refractivity contribution in [2.45, 2.75) is 45.6 Å². The molecule has 0 N–H and O–H groups in total. The lowest BCUT2D eigenvalue weighted by Crippen LogP contribution is -2.23. The number of hydrogen-bond donors (Lipinski definition) is 0. The van der Waals surface area contributed by atoms with Gasteiger partial charge in [-0.05, 0) is 49.1 Å². The predicted octanol–water partition coefficient (Wildman–Crippen LogP) is 4.98. The Balaban J connectivity index is 1.39. The molecule has 0 spiro atoms. The van der Waals surface area contributed by atoms with Gasteiger partial charge in [0.05, 0.1) is 11.4 Å². The van der Waals surface area contributed by atoms with E-state index in [1.165, 1.54) is 32.3 Å². The van der Waals surface area contributed by atoms with Gasteiger partial charge in [-0.3, -0.25) is 14.5 Å². The Hall–Kier alpha value is -2.35. The third-order valence-corrected chi connectivity index (χ3v) is 6.77. The number of carbonyl (C=O) groups is 2. The Morgan fingerprint density at radius 3 is 2.76 bits per heavy atom. The first kappa shape index (κ1) is 19.9. The van der Waals surface area contributed by atoms with Gasteiger partial charge < -0.3 is 4.74 Å². The van der Waals surface area contributed by atoms with E-state index >= 15 is 0 Å². The van der Waals surface area contributed by atoms with Crippen LogP contribution in [-0.2, 0) is 20.9 Å². The Morgan fingerprint density at radius 2 is 2.10 bits per heavy atom. The lowest BCUT2D eigenvalue weighted by Gasteiger charge is -2.20. The number of halogens is 2. The predicted molar refractivity (Wildman–Crippen MR) is 105 cm³/mol. The number of ether oxygens (including phenoxy) is 1. The summed E-state index contributed by atoms with van der Waals surface area (Å²) in [4.78, 5) is 29.6. The molecule has 0 aliphatic heterocycles. The molecule has 1 aromatic carbocycles. The summed E-state index contributed by atoms with van der Waals surface area (Å²) in [7, 11) is 0. The highest BCUT2D eigenvalue weighted by atomic mass is 32.1. The Bertz CT molecular complexity index is 932. The van der Waals surface area contributed by atoms with Crippen molar-refractivity contribution >= 4 is 34.0 Å². The van der Waals surface area contributed by atoms with Gasteiger partial charge in [0.1, 0.15) is 18.2 Å². The third-order valence-electron chi connectivity index (χ3n) is 5.89. The van der Waals surface area contributed by atoms with Crippen molar-refractivity contribution in [1.29, 1.82) is 0 Å². The molecular formula is C21H22F2N2O3S. The monoisotopic (exact) mass is 420 g/mol. The molecule has 154 valence electrons. The molecule has 0 unspecified atom stereocenters. The molecular weight excluding hydrogens is 398 g/mol. The van der Waals surface area contributed by atoms with Crippen LogP contribution in [0.3, 0.4) is 0 Å². The zero-order valence-electron chi connectivity index (χ0n) is 16.1. The van der Waals surface area contributed by atoms with Crippen molar-refractivity contribution in [1.82, 2.24) is 4.98 Å². The highest BCUT2D eigenvalue weighted by Gasteiger charge is 2.40. The van der Waals surface area contributed by atoms with Crippen molar-refractivity contribution in [2.75, 3.05) is 4.90 Å². The molecule has 1 amide bonds. The van der Waals surface area contributed by atoms with Gasteiger partial charge in [-0.25, -0.2) is 13.8 Å². The lowest BCUT2D eigenvalue weighted by atomic mass is 9.86. The van der Waals surface area contributed by atoms with Crippen LogP contribution >= 0.6 is 11.3 Å². The number of hydrogen-bond acceptors (Lipinski definition) is 5. The minimum Gasteiger partial charge on any atom is -0.459 e. The molecule has 2 aliphatic carbocycles. The number of esters is 1. The number of amides is 1. The van der Waals surface area contributed by atoms with Crippen LogP contribution < -0.4 is 4.90 Å². The van der Waals surface area contributed by atoms with Gasteiger partial charge in [0.2, 0.25) is 5.91 Å². The van der Waals surface area contributed by atoms with Crippen LogP contribution in [0.5, 0.6) is 0 Å². The topological polar surface area (TPSA) is 59.5 Å². The number of benzene rings is 1. The molecule has 2 bridgehead atoms. The van der Waals surface area contributed by atoms with E-state index in [2.05, 4.69) is 4.98 Å². The SMILES string of the molecule is CC(=O)N(c1nc(COC(=O)C[C@@H]2C[C@@H]3CC[C@@H]2C3)cs1)c1ccc(F)cc1F. The van der Waals surface area contributed by atoms with Crippen LogP contribution in [0, 0.1) is 29.4 Å². The number of fused-ring (bicyclic) bond motifs is 2. The molecule has 2 fully saturated rings. The fraction of sp³-hybridized carbons (Fsp3) is 0.476. The average Bonchev–Trinajstić information content (AvgIpc) is 3.39. The Morgan fingerprint density at radius 1 is 1.28 bits per heavy atom. The van der Waals surface area contributed by atoms with Gasteiger partial charge in [0.25, 0.3) is 0 Å². The van der Waals surface area contributed by atoms with E-state index < -0.39 is 17.5 Å². The van der Waals surface area contributed by atoms with E-state index in [-0.39, 0.29) is 23.4 Å². The Labute approximate surface area is 171 Å². The second kappa shape index (κ2) is 8.18. The first-order chi connectivity index (χ1) is 13.9. The van der Waals surface area contributed by atoms with E-state index in [9.17, 15) is 18.4 Å². The number of rotatable bonds is 6. The van der Waals surface area contributed by atoms with E-state index in [0.29, 0.717) is 24.0 Å². The van der Waals surface area contributed by atoms with Crippen molar-refractivity contribution in [3.63, 3.8) is 0 Å². The minimum absolute atomic E-state index is 0.00773. The van der Waals surface area contributed by atoms with Crippen LogP contribution in [0.15, 0.2) is 23.6 Å². The molecule has 2 saturated carbocycles. The van der Waals surface area contributed by atoms with Crippen molar-refractivity contribution < 1.29 is 23.1 Å². The standard InChI is InChI=1S/C21H22F2N2O3S/c1-12(26)25(19-5-4-16(22)9-18(19)23)21-24-17(11-29-21)10-28-20(27)8-15-7-13-2-3-14(15)6-13/h4-5,9,11,13-15H,2-3,6-8,10H2,1H3/t13-,14-,15+/m1/s1. The van der Waals surface area contributed by atoms with E-state index in [4.69, 9.17) is 4.74 Å². The van der Waals surface area contributed by atoms with Crippen LogP contribution in [0.1, 0.15) is 44.7 Å². The quantitative estimate of drug-likeness (QED) is 0.619. The highest BCUT2D eigenvalue weighted by Crippen LogP contribution is 2.49. The number of carbonyl (C=O) groups excluding carboxylic acids is 2. The van der Waals surface area contributed by atoms with Crippen molar-refractivity contribution in [3.05, 3.63) is 40.9 Å². The van der Waals surface area contributed by atoms with Crippen LogP contribution in [0.25, 0.3) is 0 Å². The molecule has 2 aromatic rings. The van der Waals surface area contributed by atoms with Crippen LogP contribution in [0.4, 0.5) is 19.6 Å². The van der Waals surface area contributed by atoms with Gasteiger partial charge in [-0.15, -0.1) is 11.3 Å². The maximum absolute atomic E-state index is 14.1. The minimum atomic E-state index is -0.853. The average molecular weight is 420 g/mol. The summed E-state index contributed by atoms with van der Waals surface area (Å²) in [6.07, 6.45) is 5.32. The van der Waals surface area contributed by atoms with Crippen molar-refractivity contribution in [2.24, 2.45) is 17.8 Å². The maximum atomic E-state index is 14.1. The first-order valence-electron chi connectivity index (χ1n) is 9.76. The van der Waals surface area contributed by atoms with Crippen LogP contribution in [0.2, 0.25) is 0 Å². The lowest BCUT2D eigenvalue weighted by molar-refractivity contribution is -0.146. The van der Waals surface area contributed by atoms with Crippen LogP contribution in [-0.4, -0.2) is 16.9 Å². The first-order valence-corrected chi connectivity index (χ1v) is 10.6. The number of thiazole rings is 1. The molecule has 5 nitrogen and oxygen atoms in total. The van der Waals surface area contributed by atoms with E-state index in [0.717, 1.165) is 40.7 Å². The summed E-state index contributed by atoms with van der Waals surface area (Å²) in [5.41, 5.74) is 0.410. The van der Waals surface area contributed by atoms with Gasteiger partial charge >= 0.3 is 5.97 Å². The zero-order valence-corrected chi connectivity index (χ0v) is 16.9. The summed E-state index contributed by atoms with van der Waals surface area (Å²) in [6, 6.07) is 3.00. The molecule has 1 heterocycles. The third kappa shape index (κ3) is 4.32. The fourth-order valence-corrected chi connectivity index (χ4v) is 5.45. The summed E-state index contributed by atoms with van der Waals surface area (Å²) < 4.78 is 32.7. The van der Waals surface area contributed by atoms with E-state index in [1.54, 1.807) is 5.38 Å². The van der Waals surface area contributed by atoms with Gasteiger partial charge in [-0.2, -0.15) is 0 Å².